The van der Waals surface area contributed by atoms with E-state index >= 15 is 0 Å². The van der Waals surface area contributed by atoms with Gasteiger partial charge in [0.1, 0.15) is 24.2 Å². The van der Waals surface area contributed by atoms with Gasteiger partial charge in [0.05, 0.1) is 17.9 Å². The predicted molar refractivity (Wildman–Crippen MR) is 95.5 cm³/mol. The number of rotatable bonds is 7. The van der Waals surface area contributed by atoms with E-state index < -0.39 is 15.7 Å². The van der Waals surface area contributed by atoms with Gasteiger partial charge < -0.3 is 14.1 Å². The van der Waals surface area contributed by atoms with Gasteiger partial charge in [0.15, 0.2) is 16.5 Å². The van der Waals surface area contributed by atoms with Crippen molar-refractivity contribution in [1.82, 2.24) is 9.78 Å². The van der Waals surface area contributed by atoms with Crippen molar-refractivity contribution in [3.63, 3.8) is 0 Å². The molecule has 2 aromatic rings. The monoisotopic (exact) mass is 402 g/mol. The number of quaternary nitrogens is 1. The highest BCUT2D eigenvalue weighted by Gasteiger charge is 2.35. The van der Waals surface area contributed by atoms with Crippen molar-refractivity contribution in [1.29, 1.82) is 0 Å². The molecule has 0 bridgehead atoms. The lowest BCUT2D eigenvalue weighted by atomic mass is 10.2. The molecule has 142 valence electrons. The van der Waals surface area contributed by atoms with Gasteiger partial charge in [-0.3, -0.25) is 0 Å². The molecule has 26 heavy (non-hydrogen) atoms. The van der Waals surface area contributed by atoms with E-state index in [4.69, 9.17) is 21.4 Å². The highest BCUT2D eigenvalue weighted by Crippen LogP contribution is 2.20. The second-order valence-electron chi connectivity index (χ2n) is 6.31. The van der Waals surface area contributed by atoms with Crippen LogP contribution >= 0.6 is 12.2 Å². The number of halogens is 1. The van der Waals surface area contributed by atoms with Crippen LogP contribution in [0.5, 0.6) is 0 Å². The Bertz CT molecular complexity index is 926. The number of methoxy groups -OCH3 is 1. The second kappa shape index (κ2) is 7.95. The fourth-order valence-corrected chi connectivity index (χ4v) is 5.11. The van der Waals surface area contributed by atoms with Crippen LogP contribution in [0.4, 0.5) is 4.39 Å². The summed E-state index contributed by atoms with van der Waals surface area (Å²) in [6.07, 6.45) is 0.590. The van der Waals surface area contributed by atoms with Gasteiger partial charge in [-0.2, -0.15) is 4.68 Å². The molecule has 0 spiro atoms. The van der Waals surface area contributed by atoms with Gasteiger partial charge in [-0.15, -0.1) is 5.10 Å². The summed E-state index contributed by atoms with van der Waals surface area (Å²) < 4.78 is 49.7. The van der Waals surface area contributed by atoms with Crippen molar-refractivity contribution < 1.29 is 26.9 Å². The maximum Gasteiger partial charge on any atom is 0.292 e. The molecule has 1 unspecified atom stereocenters. The Morgan fingerprint density at radius 1 is 1.46 bits per heavy atom. The SMILES string of the molecule is COCC[NH+](Cn1nc(-c2ccccc2F)oc1=S)[C@H]1CCS(=O)(=O)C1. The molecule has 0 radical (unpaired) electrons. The summed E-state index contributed by atoms with van der Waals surface area (Å²) in [6.45, 7) is 1.43. The Morgan fingerprint density at radius 2 is 2.23 bits per heavy atom. The van der Waals surface area contributed by atoms with E-state index in [2.05, 4.69) is 5.10 Å². The van der Waals surface area contributed by atoms with Gasteiger partial charge in [-0.25, -0.2) is 12.8 Å². The van der Waals surface area contributed by atoms with E-state index in [0.717, 1.165) is 4.90 Å². The van der Waals surface area contributed by atoms with E-state index in [1.807, 2.05) is 0 Å². The van der Waals surface area contributed by atoms with Crippen LogP contribution in [0.25, 0.3) is 11.5 Å². The molecule has 1 saturated heterocycles. The first kappa shape index (κ1) is 19.2. The van der Waals surface area contributed by atoms with Gasteiger partial charge in [0.2, 0.25) is 5.89 Å². The molecule has 2 atom stereocenters. The first-order chi connectivity index (χ1) is 12.4. The number of hydrogen-bond acceptors (Lipinski definition) is 6. The maximum absolute atomic E-state index is 13.9. The summed E-state index contributed by atoms with van der Waals surface area (Å²) in [5.41, 5.74) is 0.235. The van der Waals surface area contributed by atoms with Gasteiger partial charge >= 0.3 is 0 Å². The summed E-state index contributed by atoms with van der Waals surface area (Å²) in [6, 6.07) is 6.12. The van der Waals surface area contributed by atoms with Crippen LogP contribution in [0.2, 0.25) is 0 Å². The molecule has 0 amide bonds. The van der Waals surface area contributed by atoms with Gasteiger partial charge in [0, 0.05) is 13.5 Å². The quantitative estimate of drug-likeness (QED) is 0.687. The lowest BCUT2D eigenvalue weighted by Crippen LogP contribution is -3.16. The van der Waals surface area contributed by atoms with Crippen molar-refractivity contribution in [2.75, 3.05) is 31.8 Å². The molecule has 2 heterocycles. The largest absolute Gasteiger partial charge is 0.409 e. The molecule has 1 aromatic heterocycles. The first-order valence-corrected chi connectivity index (χ1v) is 10.5. The third-order valence-electron chi connectivity index (χ3n) is 4.50. The zero-order valence-corrected chi connectivity index (χ0v) is 16.0. The lowest BCUT2D eigenvalue weighted by Gasteiger charge is -2.24. The van der Waals surface area contributed by atoms with Crippen LogP contribution in [-0.4, -0.2) is 56.0 Å². The minimum Gasteiger partial charge on any atom is -0.409 e. The second-order valence-corrected chi connectivity index (χ2v) is 8.89. The van der Waals surface area contributed by atoms with Crippen LogP contribution in [-0.2, 0) is 21.2 Å². The Morgan fingerprint density at radius 3 is 2.88 bits per heavy atom. The number of nitrogens with zero attached hydrogens (tertiary/aromatic N) is 2. The van der Waals surface area contributed by atoms with E-state index in [-0.39, 0.29) is 33.8 Å². The Kier molecular flexibility index (Phi) is 5.86. The van der Waals surface area contributed by atoms with Crippen molar-refractivity contribution >= 4 is 22.1 Å². The van der Waals surface area contributed by atoms with Crippen LogP contribution in [0.3, 0.4) is 0 Å². The molecule has 1 N–H and O–H groups in total. The summed E-state index contributed by atoms with van der Waals surface area (Å²) >= 11 is 5.22. The number of aromatic nitrogens is 2. The zero-order valence-electron chi connectivity index (χ0n) is 14.4. The van der Waals surface area contributed by atoms with Gasteiger partial charge in [-0.05, 0) is 24.4 Å². The molecule has 7 nitrogen and oxygen atoms in total. The number of ether oxygens (including phenoxy) is 1. The van der Waals surface area contributed by atoms with Crippen LogP contribution < -0.4 is 4.90 Å². The van der Waals surface area contributed by atoms with E-state index in [9.17, 15) is 12.8 Å². The third-order valence-corrected chi connectivity index (χ3v) is 6.56. The van der Waals surface area contributed by atoms with Crippen molar-refractivity contribution in [3.8, 4) is 11.5 Å². The molecular formula is C16H21FN3O4S2+. The fourth-order valence-electron chi connectivity index (χ4n) is 3.10. The van der Waals surface area contributed by atoms with Crippen LogP contribution in [0.15, 0.2) is 28.7 Å². The molecule has 1 aliphatic rings. The highest BCUT2D eigenvalue weighted by atomic mass is 32.2. The Hall–Kier alpha value is -1.62. The van der Waals surface area contributed by atoms with E-state index in [1.54, 1.807) is 25.3 Å². The zero-order chi connectivity index (χ0) is 18.7. The van der Waals surface area contributed by atoms with Crippen molar-refractivity contribution in [3.05, 3.63) is 34.9 Å². The number of nitrogens with one attached hydrogen (secondary N) is 1. The summed E-state index contributed by atoms with van der Waals surface area (Å²) in [5, 5.41) is 4.29. The summed E-state index contributed by atoms with van der Waals surface area (Å²) in [4.78, 5) is 1.12. The lowest BCUT2D eigenvalue weighted by molar-refractivity contribution is -0.945. The Labute approximate surface area is 156 Å². The Balaban J connectivity index is 1.83. The fraction of sp³-hybridized carbons (Fsp3) is 0.500. The van der Waals surface area contributed by atoms with Gasteiger partial charge in [0.25, 0.3) is 4.84 Å². The van der Waals surface area contributed by atoms with Crippen LogP contribution in [0, 0.1) is 10.7 Å². The molecule has 1 aromatic carbocycles. The molecule has 3 rings (SSSR count). The molecule has 1 aliphatic heterocycles. The summed E-state index contributed by atoms with van der Waals surface area (Å²) in [5.74, 6) is -0.00410. The van der Waals surface area contributed by atoms with E-state index in [0.29, 0.717) is 26.2 Å². The van der Waals surface area contributed by atoms with Gasteiger partial charge in [-0.1, -0.05) is 12.1 Å². The average molecular weight is 402 g/mol. The number of benzene rings is 1. The molecular weight excluding hydrogens is 381 g/mol. The standard InChI is InChI=1S/C16H20FN3O4S2/c1-23-8-7-19(12-6-9-26(21,22)10-12)11-20-16(25)24-15(18-20)13-4-2-3-5-14(13)17/h2-5,12H,6-11H2,1H3/p+1/t12-/m0/s1. The molecule has 1 fully saturated rings. The topological polar surface area (TPSA) is 78.8 Å². The third kappa shape index (κ3) is 4.37. The van der Waals surface area contributed by atoms with E-state index in [1.165, 1.54) is 10.7 Å². The summed E-state index contributed by atoms with van der Waals surface area (Å²) in [7, 11) is -1.40. The minimum absolute atomic E-state index is 0.0503. The maximum atomic E-state index is 13.9. The number of hydrogen-bond donors (Lipinski definition) is 1. The first-order valence-electron chi connectivity index (χ1n) is 8.26. The smallest absolute Gasteiger partial charge is 0.292 e. The molecule has 0 saturated carbocycles. The van der Waals surface area contributed by atoms with Crippen molar-refractivity contribution in [2.45, 2.75) is 19.1 Å². The number of sulfone groups is 1. The molecule has 0 aliphatic carbocycles. The van der Waals surface area contributed by atoms with Crippen LogP contribution in [0.1, 0.15) is 6.42 Å². The normalized spacial score (nSPS) is 20.3. The predicted octanol–water partition coefficient (Wildman–Crippen LogP) is 0.688. The average Bonchev–Trinajstić information content (AvgIpc) is 3.14. The van der Waals surface area contributed by atoms with Crippen molar-refractivity contribution in [2.24, 2.45) is 0 Å². The molecule has 10 heteroatoms. The highest BCUT2D eigenvalue weighted by molar-refractivity contribution is 7.91. The minimum atomic E-state index is -3.00.